The van der Waals surface area contributed by atoms with Gasteiger partial charge in [-0.05, 0) is 91.4 Å². The first-order chi connectivity index (χ1) is 16.4. The lowest BCUT2D eigenvalue weighted by Crippen LogP contribution is -2.17. The molecule has 0 aliphatic rings. The topological polar surface area (TPSA) is 136 Å². The van der Waals surface area contributed by atoms with Crippen molar-refractivity contribution in [1.82, 2.24) is 0 Å². The number of hydrogen-bond donors (Lipinski definition) is 0. The normalized spacial score (nSPS) is 11.2. The van der Waals surface area contributed by atoms with Gasteiger partial charge in [-0.1, -0.05) is 24.3 Å². The largest absolute Gasteiger partial charge is 0.744 e. The number of halogens is 3. The molecule has 0 N–H and O–H groups in total. The predicted octanol–water partition coefficient (Wildman–Crippen LogP) is 4.50. The van der Waals surface area contributed by atoms with Crippen LogP contribution in [0.3, 0.4) is 0 Å². The molecule has 0 fully saturated rings. The van der Waals surface area contributed by atoms with Gasteiger partial charge >= 0.3 is 17.9 Å². The first kappa shape index (κ1) is 28.0. The molecule has 0 amide bonds. The highest BCUT2D eigenvalue weighted by molar-refractivity contribution is 14.1. The molecule has 0 saturated carbocycles. The van der Waals surface area contributed by atoms with Gasteiger partial charge in [0, 0.05) is 15.9 Å². The molecule has 35 heavy (non-hydrogen) atoms. The van der Waals surface area contributed by atoms with Gasteiger partial charge in [0.15, 0.2) is 5.75 Å². The Morgan fingerprint density at radius 2 is 1.49 bits per heavy atom. The second-order valence-electron chi connectivity index (χ2n) is 6.83. The number of carbonyl (C=O) groups excluding carboxylic acids is 3. The molecular formula is C22H14I3O9S-. The van der Waals surface area contributed by atoms with E-state index < -0.39 is 32.9 Å². The third kappa shape index (κ3) is 6.60. The lowest BCUT2D eigenvalue weighted by Gasteiger charge is -2.14. The number of carbonyl (C=O) groups is 3. The standard InChI is InChI=1S/C22H15I3O9S/c1-11(26)34-20-16(24)10-15(23)18(19(20)25)22(28)33-9-8-32-21(27)14-6-7-17(35(29,30)31)13-5-3-2-4-12(13)14/h2-7,10H,8-9H2,1H3,(H,29,30,31)/p-1. The van der Waals surface area contributed by atoms with Gasteiger partial charge in [-0.25, -0.2) is 18.0 Å². The lowest BCUT2D eigenvalue weighted by atomic mass is 10.0. The summed E-state index contributed by atoms with van der Waals surface area (Å²) in [5, 5.41) is 0.349. The summed E-state index contributed by atoms with van der Waals surface area (Å²) in [4.78, 5) is 36.2. The summed E-state index contributed by atoms with van der Waals surface area (Å²) in [6.07, 6.45) is 0. The molecule has 13 heteroatoms. The van der Waals surface area contributed by atoms with Crippen molar-refractivity contribution in [1.29, 1.82) is 0 Å². The van der Waals surface area contributed by atoms with E-state index in [4.69, 9.17) is 14.2 Å². The number of ether oxygens (including phenoxy) is 3. The van der Waals surface area contributed by atoms with Crippen LogP contribution in [0.1, 0.15) is 27.6 Å². The molecule has 0 spiro atoms. The highest BCUT2D eigenvalue weighted by atomic mass is 127. The highest BCUT2D eigenvalue weighted by Crippen LogP contribution is 2.34. The van der Waals surface area contributed by atoms with E-state index in [1.165, 1.54) is 25.1 Å². The van der Waals surface area contributed by atoms with Crippen LogP contribution >= 0.6 is 67.8 Å². The summed E-state index contributed by atoms with van der Waals surface area (Å²) in [6.45, 7) is 0.734. The molecule has 0 atom stereocenters. The summed E-state index contributed by atoms with van der Waals surface area (Å²) < 4.78 is 51.8. The van der Waals surface area contributed by atoms with E-state index in [2.05, 4.69) is 0 Å². The van der Waals surface area contributed by atoms with Crippen LogP contribution in [0.2, 0.25) is 0 Å². The Kier molecular flexibility index (Phi) is 9.33. The molecule has 3 aromatic carbocycles. The molecule has 0 aromatic heterocycles. The fraction of sp³-hybridized carbons (Fsp3) is 0.136. The van der Waals surface area contributed by atoms with E-state index in [1.54, 1.807) is 18.2 Å². The Labute approximate surface area is 241 Å². The number of rotatable bonds is 7. The Balaban J connectivity index is 1.71. The Hall–Kier alpha value is -1.57. The summed E-state index contributed by atoms with van der Waals surface area (Å²) in [6, 6.07) is 10.0. The molecule has 0 bridgehead atoms. The first-order valence-electron chi connectivity index (χ1n) is 9.59. The quantitative estimate of drug-likeness (QED) is 0.111. The van der Waals surface area contributed by atoms with E-state index in [1.807, 2.05) is 67.8 Å². The molecule has 184 valence electrons. The van der Waals surface area contributed by atoms with Gasteiger partial charge in [0.25, 0.3) is 0 Å². The van der Waals surface area contributed by atoms with Gasteiger partial charge < -0.3 is 18.8 Å². The number of hydrogen-bond acceptors (Lipinski definition) is 9. The highest BCUT2D eigenvalue weighted by Gasteiger charge is 2.23. The van der Waals surface area contributed by atoms with Crippen molar-refractivity contribution in [3.8, 4) is 5.75 Å². The van der Waals surface area contributed by atoms with Gasteiger partial charge in [0.2, 0.25) is 0 Å². The minimum Gasteiger partial charge on any atom is -0.744 e. The van der Waals surface area contributed by atoms with E-state index in [0.29, 0.717) is 10.7 Å². The van der Waals surface area contributed by atoms with Crippen molar-refractivity contribution in [2.45, 2.75) is 11.8 Å². The average molecular weight is 835 g/mol. The molecule has 0 radical (unpaired) electrons. The molecule has 0 heterocycles. The Morgan fingerprint density at radius 1 is 0.886 bits per heavy atom. The van der Waals surface area contributed by atoms with Crippen LogP contribution in [0, 0.1) is 10.7 Å². The van der Waals surface area contributed by atoms with Gasteiger partial charge in [0.1, 0.15) is 23.3 Å². The molecule has 0 aliphatic carbocycles. The van der Waals surface area contributed by atoms with Crippen molar-refractivity contribution in [2.24, 2.45) is 0 Å². The Bertz CT molecular complexity index is 1450. The minimum absolute atomic E-state index is 0.0621. The van der Waals surface area contributed by atoms with Crippen molar-refractivity contribution >= 4 is 107 Å². The monoisotopic (exact) mass is 835 g/mol. The van der Waals surface area contributed by atoms with Crippen LogP contribution in [0.4, 0.5) is 0 Å². The van der Waals surface area contributed by atoms with Crippen molar-refractivity contribution in [3.63, 3.8) is 0 Å². The molecule has 9 nitrogen and oxygen atoms in total. The molecule has 0 saturated heterocycles. The summed E-state index contributed by atoms with van der Waals surface area (Å²) >= 11 is 5.87. The first-order valence-corrected chi connectivity index (χ1v) is 14.2. The fourth-order valence-corrected chi connectivity index (χ4v) is 7.80. The Morgan fingerprint density at radius 3 is 2.09 bits per heavy atom. The molecule has 0 unspecified atom stereocenters. The van der Waals surface area contributed by atoms with E-state index in [0.717, 1.165) is 6.07 Å². The van der Waals surface area contributed by atoms with Crippen LogP contribution in [0.5, 0.6) is 5.75 Å². The van der Waals surface area contributed by atoms with Crippen LogP contribution in [0.25, 0.3) is 10.8 Å². The van der Waals surface area contributed by atoms with Crippen LogP contribution in [0.15, 0.2) is 47.4 Å². The van der Waals surface area contributed by atoms with E-state index in [-0.39, 0.29) is 40.9 Å². The summed E-state index contributed by atoms with van der Waals surface area (Å²) in [5.74, 6) is -1.73. The third-order valence-corrected chi connectivity index (χ3v) is 8.08. The predicted molar refractivity (Wildman–Crippen MR) is 148 cm³/mol. The molecule has 3 rings (SSSR count). The fourth-order valence-electron chi connectivity index (χ4n) is 3.08. The maximum absolute atomic E-state index is 12.7. The maximum atomic E-state index is 12.7. The van der Waals surface area contributed by atoms with Gasteiger partial charge in [0.05, 0.1) is 23.2 Å². The smallest absolute Gasteiger partial charge is 0.340 e. The van der Waals surface area contributed by atoms with Crippen molar-refractivity contribution in [3.05, 3.63) is 64.3 Å². The zero-order valence-corrected chi connectivity index (χ0v) is 25.0. The third-order valence-electron chi connectivity index (χ3n) is 4.50. The van der Waals surface area contributed by atoms with E-state index in [9.17, 15) is 27.4 Å². The number of fused-ring (bicyclic) bond motifs is 1. The van der Waals surface area contributed by atoms with Crippen molar-refractivity contribution < 1.29 is 41.6 Å². The van der Waals surface area contributed by atoms with Crippen LogP contribution in [-0.4, -0.2) is 44.1 Å². The average Bonchev–Trinajstić information content (AvgIpc) is 2.77. The zero-order valence-electron chi connectivity index (χ0n) is 17.7. The van der Waals surface area contributed by atoms with Gasteiger partial charge in [-0.3, -0.25) is 4.79 Å². The van der Waals surface area contributed by atoms with E-state index >= 15 is 0 Å². The zero-order chi connectivity index (χ0) is 25.9. The van der Waals surface area contributed by atoms with Crippen LogP contribution < -0.4 is 4.74 Å². The lowest BCUT2D eigenvalue weighted by molar-refractivity contribution is -0.132. The molecule has 3 aromatic rings. The maximum Gasteiger partial charge on any atom is 0.340 e. The molecular weight excluding hydrogens is 821 g/mol. The second kappa shape index (κ2) is 11.7. The summed E-state index contributed by atoms with van der Waals surface area (Å²) in [5.41, 5.74) is 0.279. The van der Waals surface area contributed by atoms with Gasteiger partial charge in [-0.15, -0.1) is 0 Å². The van der Waals surface area contributed by atoms with Crippen molar-refractivity contribution in [2.75, 3.05) is 13.2 Å². The number of esters is 3. The molecule has 0 aliphatic heterocycles. The summed E-state index contributed by atoms with van der Waals surface area (Å²) in [7, 11) is -4.74. The van der Waals surface area contributed by atoms with Gasteiger partial charge in [-0.2, -0.15) is 0 Å². The number of benzene rings is 3. The minimum atomic E-state index is -4.74. The SMILES string of the molecule is CC(=O)Oc1c(I)cc(I)c(C(=O)OCCOC(=O)c2ccc(S(=O)(=O)[O-])c3ccccc23)c1I. The van der Waals surface area contributed by atoms with Crippen LogP contribution in [-0.2, 0) is 24.4 Å². The second-order valence-corrected chi connectivity index (χ2v) is 11.6.